The highest BCUT2D eigenvalue weighted by Gasteiger charge is 2.36. The largest absolute Gasteiger partial charge is 0.496 e. The van der Waals surface area contributed by atoms with Gasteiger partial charge in [-0.2, -0.15) is 0 Å². The summed E-state index contributed by atoms with van der Waals surface area (Å²) in [6, 6.07) is 5.33. The number of hydrogen-bond acceptors (Lipinski definition) is 6. The van der Waals surface area contributed by atoms with Crippen LogP contribution in [0.3, 0.4) is 0 Å². The quantitative estimate of drug-likeness (QED) is 0.559. The number of hydrogen-bond donors (Lipinski definition) is 0. The first-order valence-electron chi connectivity index (χ1n) is 6.70. The van der Waals surface area contributed by atoms with Gasteiger partial charge >= 0.3 is 5.97 Å². The summed E-state index contributed by atoms with van der Waals surface area (Å²) in [5.41, 5.74) is 0.656. The normalized spacial score (nSPS) is 16.1. The fourth-order valence-corrected chi connectivity index (χ4v) is 3.14. The summed E-state index contributed by atoms with van der Waals surface area (Å²) in [6.07, 6.45) is 1.57. The van der Waals surface area contributed by atoms with E-state index in [2.05, 4.69) is 15.9 Å². The van der Waals surface area contributed by atoms with Crippen molar-refractivity contribution >= 4 is 50.9 Å². The molecule has 6 nitrogen and oxygen atoms in total. The summed E-state index contributed by atoms with van der Waals surface area (Å²) in [7, 11) is 1.52. The van der Waals surface area contributed by atoms with Gasteiger partial charge in [-0.3, -0.25) is 19.3 Å². The van der Waals surface area contributed by atoms with E-state index in [1.54, 1.807) is 25.1 Å². The van der Waals surface area contributed by atoms with Crippen LogP contribution in [0.1, 0.15) is 12.5 Å². The molecule has 0 radical (unpaired) electrons. The van der Waals surface area contributed by atoms with Gasteiger partial charge in [-0.15, -0.1) is 0 Å². The van der Waals surface area contributed by atoms with Gasteiger partial charge in [0.05, 0.1) is 18.6 Å². The molecule has 0 spiro atoms. The minimum Gasteiger partial charge on any atom is -0.496 e. The lowest BCUT2D eigenvalue weighted by atomic mass is 10.2. The molecule has 23 heavy (non-hydrogen) atoms. The Hall–Kier alpha value is -1.80. The van der Waals surface area contributed by atoms with Gasteiger partial charge in [0.25, 0.3) is 11.1 Å². The molecule has 0 bridgehead atoms. The Morgan fingerprint density at radius 1 is 1.39 bits per heavy atom. The van der Waals surface area contributed by atoms with Gasteiger partial charge in [0.2, 0.25) is 0 Å². The third kappa shape index (κ3) is 4.14. The average molecular weight is 400 g/mol. The number of halogens is 1. The number of carbonyl (C=O) groups excluding carboxylic acids is 3. The number of rotatable bonds is 5. The van der Waals surface area contributed by atoms with Crippen LogP contribution in [0.2, 0.25) is 0 Å². The molecule has 2 rings (SSSR count). The first-order chi connectivity index (χ1) is 11.0. The number of esters is 1. The van der Waals surface area contributed by atoms with E-state index in [0.29, 0.717) is 11.3 Å². The Balaban J connectivity index is 2.25. The monoisotopic (exact) mass is 399 g/mol. The van der Waals surface area contributed by atoms with E-state index >= 15 is 0 Å². The van der Waals surface area contributed by atoms with E-state index in [-0.39, 0.29) is 18.1 Å². The van der Waals surface area contributed by atoms with Crippen LogP contribution in [0, 0.1) is 0 Å². The van der Waals surface area contributed by atoms with Crippen molar-refractivity contribution in [1.29, 1.82) is 0 Å². The highest BCUT2D eigenvalue weighted by molar-refractivity contribution is 9.10. The van der Waals surface area contributed by atoms with E-state index in [1.807, 2.05) is 6.07 Å². The van der Waals surface area contributed by atoms with Crippen molar-refractivity contribution in [2.45, 2.75) is 6.92 Å². The molecule has 2 amide bonds. The standard InChI is InChI=1S/C15H14BrNO5S/c1-3-22-13(18)8-17-14(19)12(23-15(17)20)7-9-6-10(16)4-5-11(9)21-2/h4-7H,3,8H2,1-2H3. The maximum atomic E-state index is 12.3. The predicted octanol–water partition coefficient (Wildman–Crippen LogP) is 3.06. The molecule has 8 heteroatoms. The first kappa shape index (κ1) is 17.6. The van der Waals surface area contributed by atoms with E-state index in [4.69, 9.17) is 9.47 Å². The van der Waals surface area contributed by atoms with Crippen molar-refractivity contribution in [3.05, 3.63) is 33.1 Å². The lowest BCUT2D eigenvalue weighted by Gasteiger charge is -2.10. The highest BCUT2D eigenvalue weighted by atomic mass is 79.9. The van der Waals surface area contributed by atoms with Crippen molar-refractivity contribution < 1.29 is 23.9 Å². The number of carbonyl (C=O) groups is 3. The molecule has 0 atom stereocenters. The summed E-state index contributed by atoms with van der Waals surface area (Å²) < 4.78 is 10.8. The predicted molar refractivity (Wildman–Crippen MR) is 90.0 cm³/mol. The number of ether oxygens (including phenoxy) is 2. The van der Waals surface area contributed by atoms with E-state index < -0.39 is 17.1 Å². The molecule has 1 aliphatic rings. The molecule has 0 saturated carbocycles. The molecule has 122 valence electrons. The minimum absolute atomic E-state index is 0.195. The molecule has 0 unspecified atom stereocenters. The smallest absolute Gasteiger partial charge is 0.326 e. The van der Waals surface area contributed by atoms with Crippen LogP contribution < -0.4 is 4.74 Å². The Morgan fingerprint density at radius 2 is 2.13 bits per heavy atom. The van der Waals surface area contributed by atoms with Gasteiger partial charge in [0.1, 0.15) is 12.3 Å². The molecular formula is C15H14BrNO5S. The lowest BCUT2D eigenvalue weighted by molar-refractivity contribution is -0.145. The Bertz CT molecular complexity index is 688. The topological polar surface area (TPSA) is 72.9 Å². The maximum Gasteiger partial charge on any atom is 0.326 e. The summed E-state index contributed by atoms with van der Waals surface area (Å²) >= 11 is 4.13. The highest BCUT2D eigenvalue weighted by Crippen LogP contribution is 2.34. The Morgan fingerprint density at radius 3 is 2.78 bits per heavy atom. The third-order valence-corrected chi connectivity index (χ3v) is 4.35. The lowest BCUT2D eigenvalue weighted by Crippen LogP contribution is -2.34. The number of nitrogens with zero attached hydrogens (tertiary/aromatic N) is 1. The zero-order valence-corrected chi connectivity index (χ0v) is 14.9. The second-order valence-corrected chi connectivity index (χ2v) is 6.37. The number of thioether (sulfide) groups is 1. The minimum atomic E-state index is -0.615. The van der Waals surface area contributed by atoms with Gasteiger partial charge in [-0.05, 0) is 43.0 Å². The van der Waals surface area contributed by atoms with Gasteiger partial charge < -0.3 is 9.47 Å². The molecule has 0 N–H and O–H groups in total. The number of methoxy groups -OCH3 is 1. The average Bonchev–Trinajstić information content (AvgIpc) is 2.75. The fraction of sp³-hybridized carbons (Fsp3) is 0.267. The van der Waals surface area contributed by atoms with E-state index in [1.165, 1.54) is 7.11 Å². The summed E-state index contributed by atoms with van der Waals surface area (Å²) in [6.45, 7) is 1.47. The van der Waals surface area contributed by atoms with Crippen LogP contribution in [0.25, 0.3) is 6.08 Å². The summed E-state index contributed by atoms with van der Waals surface area (Å²) in [5.74, 6) is -0.559. The van der Waals surface area contributed by atoms with Crippen molar-refractivity contribution in [2.24, 2.45) is 0 Å². The molecule has 1 heterocycles. The van der Waals surface area contributed by atoms with Gasteiger partial charge in [0, 0.05) is 10.0 Å². The van der Waals surface area contributed by atoms with Crippen LogP contribution >= 0.6 is 27.7 Å². The van der Waals surface area contributed by atoms with Crippen molar-refractivity contribution in [3.8, 4) is 5.75 Å². The van der Waals surface area contributed by atoms with Crippen LogP contribution in [0.15, 0.2) is 27.6 Å². The van der Waals surface area contributed by atoms with Crippen molar-refractivity contribution in [1.82, 2.24) is 4.90 Å². The first-order valence-corrected chi connectivity index (χ1v) is 8.31. The molecule has 0 aromatic heterocycles. The van der Waals surface area contributed by atoms with Crippen LogP contribution in [0.5, 0.6) is 5.75 Å². The van der Waals surface area contributed by atoms with Crippen molar-refractivity contribution in [2.75, 3.05) is 20.3 Å². The van der Waals surface area contributed by atoms with Gasteiger partial charge in [-0.1, -0.05) is 15.9 Å². The molecule has 1 aromatic rings. The van der Waals surface area contributed by atoms with Gasteiger partial charge in [-0.25, -0.2) is 0 Å². The second-order valence-electron chi connectivity index (χ2n) is 4.46. The zero-order valence-electron chi connectivity index (χ0n) is 12.5. The second kappa shape index (κ2) is 7.65. The van der Waals surface area contributed by atoms with Crippen LogP contribution in [-0.4, -0.2) is 42.3 Å². The molecular weight excluding hydrogens is 386 g/mol. The summed E-state index contributed by atoms with van der Waals surface area (Å²) in [5, 5.41) is -0.497. The Kier molecular flexibility index (Phi) is 5.84. The van der Waals surface area contributed by atoms with E-state index in [9.17, 15) is 14.4 Å². The van der Waals surface area contributed by atoms with Crippen LogP contribution in [0.4, 0.5) is 4.79 Å². The number of amides is 2. The van der Waals surface area contributed by atoms with E-state index in [0.717, 1.165) is 21.1 Å². The SMILES string of the molecule is CCOC(=O)CN1C(=O)SC(=Cc2cc(Br)ccc2OC)C1=O. The molecule has 0 aliphatic carbocycles. The number of benzene rings is 1. The van der Waals surface area contributed by atoms with Gasteiger partial charge in [0.15, 0.2) is 0 Å². The summed E-state index contributed by atoms with van der Waals surface area (Å²) in [4.78, 5) is 36.8. The van der Waals surface area contributed by atoms with Crippen molar-refractivity contribution in [3.63, 3.8) is 0 Å². The third-order valence-electron chi connectivity index (χ3n) is 2.94. The molecule has 1 aromatic carbocycles. The molecule has 1 saturated heterocycles. The molecule has 1 aliphatic heterocycles. The fourth-order valence-electron chi connectivity index (χ4n) is 1.93. The van der Waals surface area contributed by atoms with Crippen LogP contribution in [-0.2, 0) is 14.3 Å². The Labute approximate surface area is 145 Å². The maximum absolute atomic E-state index is 12.3. The number of imide groups is 1. The molecule has 1 fully saturated rings. The zero-order chi connectivity index (χ0) is 17.0.